The Balaban J connectivity index is 2.86. The molecule has 88 valence electrons. The Morgan fingerprint density at radius 1 is 1.38 bits per heavy atom. The minimum Gasteiger partial charge on any atom is -0.315 e. The summed E-state index contributed by atoms with van der Waals surface area (Å²) in [6, 6.07) is 8.22. The lowest BCUT2D eigenvalue weighted by Gasteiger charge is -2.20. The van der Waals surface area contributed by atoms with Gasteiger partial charge >= 0.3 is 0 Å². The number of amides is 1. The average molecular weight is 219 g/mol. The summed E-state index contributed by atoms with van der Waals surface area (Å²) in [6.07, 6.45) is 2.20. The van der Waals surface area contributed by atoms with Gasteiger partial charge in [0.25, 0.3) is 0 Å². The Morgan fingerprint density at radius 3 is 2.62 bits per heavy atom. The van der Waals surface area contributed by atoms with Crippen molar-refractivity contribution in [2.45, 2.75) is 33.6 Å². The molecule has 1 amide bonds. The fourth-order valence-corrected chi connectivity index (χ4v) is 1.72. The fraction of sp³-hybridized carbons (Fsp3) is 0.500. The first-order chi connectivity index (χ1) is 7.56. The minimum absolute atomic E-state index is 0.0415. The van der Waals surface area contributed by atoms with Crippen LogP contribution in [0.4, 0.5) is 5.69 Å². The maximum Gasteiger partial charge on any atom is 0.229 e. The van der Waals surface area contributed by atoms with E-state index in [0.29, 0.717) is 0 Å². The zero-order valence-electron chi connectivity index (χ0n) is 10.7. The minimum atomic E-state index is 0.0415. The number of carbonyl (C=O) groups excluding carboxylic acids is 1. The molecule has 0 atom stereocenters. The topological polar surface area (TPSA) is 20.3 Å². The van der Waals surface area contributed by atoms with E-state index in [-0.39, 0.29) is 11.8 Å². The van der Waals surface area contributed by atoms with Crippen LogP contribution >= 0.6 is 0 Å². The largest absolute Gasteiger partial charge is 0.315 e. The van der Waals surface area contributed by atoms with Crippen LogP contribution < -0.4 is 4.90 Å². The highest BCUT2D eigenvalue weighted by Crippen LogP contribution is 2.17. The SMILES string of the molecule is CCCc1cccc(N(C)C(=O)C(C)C)c1. The van der Waals surface area contributed by atoms with Crippen molar-refractivity contribution < 1.29 is 4.79 Å². The number of benzene rings is 1. The molecule has 2 nitrogen and oxygen atoms in total. The van der Waals surface area contributed by atoms with E-state index in [4.69, 9.17) is 0 Å². The van der Waals surface area contributed by atoms with Crippen molar-refractivity contribution in [1.29, 1.82) is 0 Å². The summed E-state index contributed by atoms with van der Waals surface area (Å²) in [5.74, 6) is 0.202. The summed E-state index contributed by atoms with van der Waals surface area (Å²) in [7, 11) is 1.84. The van der Waals surface area contributed by atoms with Gasteiger partial charge in [0.2, 0.25) is 5.91 Å². The highest BCUT2D eigenvalue weighted by Gasteiger charge is 2.14. The van der Waals surface area contributed by atoms with Crippen LogP contribution in [-0.4, -0.2) is 13.0 Å². The second-order valence-corrected chi connectivity index (χ2v) is 4.47. The predicted octanol–water partition coefficient (Wildman–Crippen LogP) is 3.26. The molecular formula is C14H21NO. The monoisotopic (exact) mass is 219 g/mol. The molecule has 0 fully saturated rings. The third-order valence-electron chi connectivity index (χ3n) is 2.66. The van der Waals surface area contributed by atoms with E-state index in [1.807, 2.05) is 33.0 Å². The Kier molecular flexibility index (Phi) is 4.53. The van der Waals surface area contributed by atoms with Gasteiger partial charge in [-0.05, 0) is 24.1 Å². The van der Waals surface area contributed by atoms with Gasteiger partial charge < -0.3 is 4.90 Å². The molecule has 1 aromatic carbocycles. The summed E-state index contributed by atoms with van der Waals surface area (Å²) in [5, 5.41) is 0. The molecule has 0 saturated heterocycles. The summed E-state index contributed by atoms with van der Waals surface area (Å²) >= 11 is 0. The molecule has 0 unspecified atom stereocenters. The van der Waals surface area contributed by atoms with Crippen LogP contribution in [-0.2, 0) is 11.2 Å². The molecule has 1 aromatic rings. The van der Waals surface area contributed by atoms with E-state index < -0.39 is 0 Å². The zero-order valence-corrected chi connectivity index (χ0v) is 10.7. The maximum atomic E-state index is 11.8. The smallest absolute Gasteiger partial charge is 0.229 e. The molecule has 0 aliphatic heterocycles. The molecule has 0 bridgehead atoms. The zero-order chi connectivity index (χ0) is 12.1. The Bertz CT molecular complexity index is 358. The van der Waals surface area contributed by atoms with Gasteiger partial charge in [-0.1, -0.05) is 39.3 Å². The van der Waals surface area contributed by atoms with Gasteiger partial charge in [-0.3, -0.25) is 4.79 Å². The molecule has 0 aliphatic carbocycles. The number of carbonyl (C=O) groups is 1. The van der Waals surface area contributed by atoms with E-state index in [2.05, 4.69) is 19.1 Å². The first-order valence-electron chi connectivity index (χ1n) is 5.92. The second-order valence-electron chi connectivity index (χ2n) is 4.47. The molecule has 0 heterocycles. The van der Waals surface area contributed by atoms with Gasteiger partial charge in [-0.25, -0.2) is 0 Å². The molecule has 0 spiro atoms. The highest BCUT2D eigenvalue weighted by atomic mass is 16.2. The van der Waals surface area contributed by atoms with Crippen molar-refractivity contribution in [2.75, 3.05) is 11.9 Å². The lowest BCUT2D eigenvalue weighted by atomic mass is 10.1. The molecule has 16 heavy (non-hydrogen) atoms. The van der Waals surface area contributed by atoms with E-state index >= 15 is 0 Å². The van der Waals surface area contributed by atoms with Gasteiger partial charge in [0.15, 0.2) is 0 Å². The van der Waals surface area contributed by atoms with Crippen LogP contribution in [0.25, 0.3) is 0 Å². The summed E-state index contributed by atoms with van der Waals surface area (Å²) in [6.45, 7) is 6.01. The molecule has 2 heteroatoms. The van der Waals surface area contributed by atoms with Crippen LogP contribution in [0.5, 0.6) is 0 Å². The van der Waals surface area contributed by atoms with Crippen LogP contribution in [0.3, 0.4) is 0 Å². The van der Waals surface area contributed by atoms with Crippen LogP contribution in [0.15, 0.2) is 24.3 Å². The first kappa shape index (κ1) is 12.8. The predicted molar refractivity (Wildman–Crippen MR) is 68.7 cm³/mol. The van der Waals surface area contributed by atoms with Crippen LogP contribution in [0.2, 0.25) is 0 Å². The third kappa shape index (κ3) is 3.09. The second kappa shape index (κ2) is 5.69. The van der Waals surface area contributed by atoms with Crippen molar-refractivity contribution in [3.8, 4) is 0 Å². The number of hydrogen-bond donors (Lipinski definition) is 0. The molecule has 0 radical (unpaired) electrons. The average Bonchev–Trinajstić information content (AvgIpc) is 2.28. The van der Waals surface area contributed by atoms with Crippen LogP contribution in [0.1, 0.15) is 32.8 Å². The van der Waals surface area contributed by atoms with E-state index in [1.165, 1.54) is 5.56 Å². The molecule has 0 aromatic heterocycles. The van der Waals surface area contributed by atoms with Crippen LogP contribution in [0, 0.1) is 5.92 Å². The maximum absolute atomic E-state index is 11.8. The van der Waals surface area contributed by atoms with Crippen molar-refractivity contribution in [2.24, 2.45) is 5.92 Å². The molecule has 1 rings (SSSR count). The fourth-order valence-electron chi connectivity index (χ4n) is 1.72. The van der Waals surface area contributed by atoms with E-state index in [9.17, 15) is 4.79 Å². The number of nitrogens with zero attached hydrogens (tertiary/aromatic N) is 1. The van der Waals surface area contributed by atoms with Crippen molar-refractivity contribution in [3.05, 3.63) is 29.8 Å². The first-order valence-corrected chi connectivity index (χ1v) is 5.92. The van der Waals surface area contributed by atoms with E-state index in [1.54, 1.807) is 4.90 Å². The van der Waals surface area contributed by atoms with Crippen molar-refractivity contribution in [3.63, 3.8) is 0 Å². The molecule has 0 N–H and O–H groups in total. The molecular weight excluding hydrogens is 198 g/mol. The third-order valence-corrected chi connectivity index (χ3v) is 2.66. The van der Waals surface area contributed by atoms with Gasteiger partial charge in [0, 0.05) is 18.7 Å². The highest BCUT2D eigenvalue weighted by molar-refractivity contribution is 5.94. The summed E-state index contributed by atoms with van der Waals surface area (Å²) in [4.78, 5) is 13.6. The van der Waals surface area contributed by atoms with Gasteiger partial charge in [0.1, 0.15) is 0 Å². The van der Waals surface area contributed by atoms with Gasteiger partial charge in [0.05, 0.1) is 0 Å². The summed E-state index contributed by atoms with van der Waals surface area (Å²) in [5.41, 5.74) is 2.29. The number of aryl methyl sites for hydroxylation is 1. The Labute approximate surface area is 98.3 Å². The lowest BCUT2D eigenvalue weighted by Crippen LogP contribution is -2.30. The quantitative estimate of drug-likeness (QED) is 0.761. The number of anilines is 1. The number of rotatable bonds is 4. The normalized spacial score (nSPS) is 10.6. The van der Waals surface area contributed by atoms with Gasteiger partial charge in [-0.2, -0.15) is 0 Å². The van der Waals surface area contributed by atoms with Gasteiger partial charge in [-0.15, -0.1) is 0 Å². The number of hydrogen-bond acceptors (Lipinski definition) is 1. The molecule has 0 saturated carbocycles. The lowest BCUT2D eigenvalue weighted by molar-refractivity contribution is -0.121. The Hall–Kier alpha value is -1.31. The molecule has 0 aliphatic rings. The summed E-state index contributed by atoms with van der Waals surface area (Å²) < 4.78 is 0. The standard InChI is InChI=1S/C14H21NO/c1-5-7-12-8-6-9-13(10-12)15(4)14(16)11(2)3/h6,8-11H,5,7H2,1-4H3. The van der Waals surface area contributed by atoms with Crippen molar-refractivity contribution in [1.82, 2.24) is 0 Å². The Morgan fingerprint density at radius 2 is 2.06 bits per heavy atom. The van der Waals surface area contributed by atoms with Crippen molar-refractivity contribution >= 4 is 11.6 Å². The van der Waals surface area contributed by atoms with E-state index in [0.717, 1.165) is 18.5 Å².